The fourth-order valence-electron chi connectivity index (χ4n) is 2.59. The van der Waals surface area contributed by atoms with Gasteiger partial charge in [0.1, 0.15) is 5.60 Å². The highest BCUT2D eigenvalue weighted by Gasteiger charge is 2.40. The van der Waals surface area contributed by atoms with E-state index in [1.54, 1.807) is 0 Å². The van der Waals surface area contributed by atoms with Gasteiger partial charge in [-0.3, -0.25) is 0 Å². The number of nitrogens with one attached hydrogen (secondary N) is 2. The third kappa shape index (κ3) is 6.04. The summed E-state index contributed by atoms with van der Waals surface area (Å²) in [5.74, 6) is 0. The summed E-state index contributed by atoms with van der Waals surface area (Å²) < 4.78 is 5.29. The molecule has 2 N–H and O–H groups in total. The molecule has 1 aliphatic carbocycles. The monoisotopic (exact) mass is 338 g/mol. The molecule has 128 valence electrons. The molecule has 0 saturated heterocycles. The fourth-order valence-corrected chi connectivity index (χ4v) is 2.71. The number of amides is 1. The van der Waals surface area contributed by atoms with Crippen LogP contribution in [0.5, 0.6) is 0 Å². The van der Waals surface area contributed by atoms with Crippen LogP contribution in [-0.2, 0) is 4.74 Å². The second-order valence-corrected chi connectivity index (χ2v) is 7.59. The first-order valence-electron chi connectivity index (χ1n) is 8.29. The summed E-state index contributed by atoms with van der Waals surface area (Å²) in [5.41, 5.74) is 0.773. The molecule has 1 aliphatic rings. The minimum Gasteiger partial charge on any atom is -0.444 e. The van der Waals surface area contributed by atoms with Crippen molar-refractivity contribution >= 4 is 17.7 Å². The molecule has 4 nitrogen and oxygen atoms in total. The molecule has 23 heavy (non-hydrogen) atoms. The Morgan fingerprint density at radius 2 is 1.96 bits per heavy atom. The number of alkyl carbamates (subject to hydrolysis) is 1. The van der Waals surface area contributed by atoms with E-state index in [0.29, 0.717) is 6.04 Å². The summed E-state index contributed by atoms with van der Waals surface area (Å²) in [7, 11) is 0. The standard InChI is InChI=1S/C18H27ClN2O2/c1-5-6-14(12-7-9-13(19)10-8-12)20-15-11-16(15)21-17(22)23-18(2,3)4/h7-10,14-16,20H,5-6,11H2,1-4H3,(H,21,22). The number of ether oxygens (including phenoxy) is 1. The maximum Gasteiger partial charge on any atom is 0.407 e. The highest BCUT2D eigenvalue weighted by molar-refractivity contribution is 6.30. The van der Waals surface area contributed by atoms with E-state index < -0.39 is 5.60 Å². The molecule has 1 aromatic carbocycles. The minimum atomic E-state index is -0.462. The Kier molecular flexibility index (Phi) is 5.93. The maximum absolute atomic E-state index is 11.8. The Balaban J connectivity index is 1.85. The van der Waals surface area contributed by atoms with E-state index in [1.807, 2.05) is 32.9 Å². The molecule has 3 unspecified atom stereocenters. The third-order valence-corrected chi connectivity index (χ3v) is 4.01. The topological polar surface area (TPSA) is 50.4 Å². The predicted molar refractivity (Wildman–Crippen MR) is 93.8 cm³/mol. The Hall–Kier alpha value is -1.26. The van der Waals surface area contributed by atoms with E-state index in [0.717, 1.165) is 24.3 Å². The van der Waals surface area contributed by atoms with Crippen molar-refractivity contribution in [2.24, 2.45) is 0 Å². The molecule has 3 atom stereocenters. The van der Waals surface area contributed by atoms with E-state index in [2.05, 4.69) is 29.7 Å². The molecule has 2 rings (SSSR count). The summed E-state index contributed by atoms with van der Waals surface area (Å²) in [6.07, 6.45) is 2.74. The van der Waals surface area contributed by atoms with E-state index in [-0.39, 0.29) is 18.2 Å². The maximum atomic E-state index is 11.8. The first kappa shape index (κ1) is 18.1. The van der Waals surface area contributed by atoms with Crippen molar-refractivity contribution in [2.75, 3.05) is 0 Å². The number of hydrogen-bond donors (Lipinski definition) is 2. The molecule has 0 heterocycles. The average molecular weight is 339 g/mol. The second-order valence-electron chi connectivity index (χ2n) is 7.15. The van der Waals surface area contributed by atoms with E-state index in [1.165, 1.54) is 5.56 Å². The summed E-state index contributed by atoms with van der Waals surface area (Å²) in [6.45, 7) is 7.78. The zero-order chi connectivity index (χ0) is 17.0. The molecule has 5 heteroatoms. The van der Waals surface area contributed by atoms with Crippen LogP contribution in [0.25, 0.3) is 0 Å². The van der Waals surface area contributed by atoms with Gasteiger partial charge in [-0.05, 0) is 51.3 Å². The van der Waals surface area contributed by atoms with Gasteiger partial charge in [0.25, 0.3) is 0 Å². The average Bonchev–Trinajstić information content (AvgIpc) is 3.14. The number of rotatable bonds is 6. The van der Waals surface area contributed by atoms with Crippen LogP contribution >= 0.6 is 11.6 Å². The molecule has 1 aromatic rings. The first-order valence-corrected chi connectivity index (χ1v) is 8.67. The van der Waals surface area contributed by atoms with Crippen LogP contribution in [0, 0.1) is 0 Å². The lowest BCUT2D eigenvalue weighted by Gasteiger charge is -2.21. The van der Waals surface area contributed by atoms with Crippen molar-refractivity contribution in [1.82, 2.24) is 10.6 Å². The van der Waals surface area contributed by atoms with Crippen molar-refractivity contribution in [1.29, 1.82) is 0 Å². The second kappa shape index (κ2) is 7.54. The van der Waals surface area contributed by atoms with Gasteiger partial charge in [0.15, 0.2) is 0 Å². The Bertz CT molecular complexity index is 525. The quantitative estimate of drug-likeness (QED) is 0.806. The van der Waals surface area contributed by atoms with Crippen molar-refractivity contribution in [3.63, 3.8) is 0 Å². The molecule has 0 aromatic heterocycles. The normalized spacial score (nSPS) is 21.6. The van der Waals surface area contributed by atoms with Gasteiger partial charge >= 0.3 is 6.09 Å². The SMILES string of the molecule is CCCC(NC1CC1NC(=O)OC(C)(C)C)c1ccc(Cl)cc1. The van der Waals surface area contributed by atoms with E-state index >= 15 is 0 Å². The minimum absolute atomic E-state index is 0.150. The van der Waals surface area contributed by atoms with Crippen LogP contribution < -0.4 is 10.6 Å². The number of carbonyl (C=O) groups excluding carboxylic acids is 1. The first-order chi connectivity index (χ1) is 10.8. The van der Waals surface area contributed by atoms with Crippen LogP contribution in [-0.4, -0.2) is 23.8 Å². The Labute approximate surface area is 143 Å². The van der Waals surface area contributed by atoms with Crippen molar-refractivity contribution < 1.29 is 9.53 Å². The van der Waals surface area contributed by atoms with Gasteiger partial charge in [-0.25, -0.2) is 4.79 Å². The van der Waals surface area contributed by atoms with Gasteiger partial charge in [-0.1, -0.05) is 37.1 Å². The van der Waals surface area contributed by atoms with Gasteiger partial charge in [0.2, 0.25) is 0 Å². The fraction of sp³-hybridized carbons (Fsp3) is 0.611. The van der Waals surface area contributed by atoms with Gasteiger partial charge in [0, 0.05) is 23.1 Å². The Morgan fingerprint density at radius 1 is 1.30 bits per heavy atom. The number of benzene rings is 1. The van der Waals surface area contributed by atoms with Crippen LogP contribution in [0.3, 0.4) is 0 Å². The zero-order valence-corrected chi connectivity index (χ0v) is 15.1. The van der Waals surface area contributed by atoms with Gasteiger partial charge in [0.05, 0.1) is 0 Å². The van der Waals surface area contributed by atoms with Crippen LogP contribution in [0.15, 0.2) is 24.3 Å². The summed E-state index contributed by atoms with van der Waals surface area (Å²) in [6, 6.07) is 8.71. The van der Waals surface area contributed by atoms with Crippen molar-refractivity contribution in [3.8, 4) is 0 Å². The van der Waals surface area contributed by atoms with Crippen LogP contribution in [0.2, 0.25) is 5.02 Å². The number of carbonyl (C=O) groups is 1. The van der Waals surface area contributed by atoms with Gasteiger partial charge < -0.3 is 15.4 Å². The lowest BCUT2D eigenvalue weighted by Crippen LogP contribution is -2.37. The molecular weight excluding hydrogens is 312 g/mol. The summed E-state index contributed by atoms with van der Waals surface area (Å²) in [4.78, 5) is 11.8. The molecular formula is C18H27ClN2O2. The highest BCUT2D eigenvalue weighted by Crippen LogP contribution is 2.28. The smallest absolute Gasteiger partial charge is 0.407 e. The molecule has 0 radical (unpaired) electrons. The lowest BCUT2D eigenvalue weighted by atomic mass is 10.0. The van der Waals surface area contributed by atoms with Crippen LogP contribution in [0.1, 0.15) is 58.6 Å². The van der Waals surface area contributed by atoms with Crippen molar-refractivity contribution in [3.05, 3.63) is 34.9 Å². The molecule has 1 saturated carbocycles. The van der Waals surface area contributed by atoms with Crippen LogP contribution in [0.4, 0.5) is 4.79 Å². The molecule has 1 amide bonds. The lowest BCUT2D eigenvalue weighted by molar-refractivity contribution is 0.0522. The zero-order valence-electron chi connectivity index (χ0n) is 14.4. The summed E-state index contributed by atoms with van der Waals surface area (Å²) in [5, 5.41) is 7.31. The largest absolute Gasteiger partial charge is 0.444 e. The molecule has 1 fully saturated rings. The van der Waals surface area contributed by atoms with Gasteiger partial charge in [-0.15, -0.1) is 0 Å². The Morgan fingerprint density at radius 3 is 2.52 bits per heavy atom. The van der Waals surface area contributed by atoms with Gasteiger partial charge in [-0.2, -0.15) is 0 Å². The number of halogens is 1. The van der Waals surface area contributed by atoms with E-state index in [4.69, 9.17) is 16.3 Å². The number of hydrogen-bond acceptors (Lipinski definition) is 3. The van der Waals surface area contributed by atoms with E-state index in [9.17, 15) is 4.79 Å². The van der Waals surface area contributed by atoms with Crippen molar-refractivity contribution in [2.45, 2.75) is 70.7 Å². The predicted octanol–water partition coefficient (Wildman–Crippen LogP) is 4.44. The summed E-state index contributed by atoms with van der Waals surface area (Å²) >= 11 is 5.96. The third-order valence-electron chi connectivity index (χ3n) is 3.76. The molecule has 0 bridgehead atoms. The highest BCUT2D eigenvalue weighted by atomic mass is 35.5. The molecule has 0 spiro atoms. The molecule has 0 aliphatic heterocycles.